The molecular formula is C14H18BrN3O4. The maximum absolute atomic E-state index is 11.7. The number of nitrogens with zero attached hydrogens (tertiary/aromatic N) is 1. The van der Waals surface area contributed by atoms with Crippen LogP contribution in [0.5, 0.6) is 0 Å². The van der Waals surface area contributed by atoms with Crippen LogP contribution in [0, 0.1) is 5.92 Å². The van der Waals surface area contributed by atoms with E-state index in [0.717, 1.165) is 6.42 Å². The van der Waals surface area contributed by atoms with Gasteiger partial charge in [0.15, 0.2) is 6.61 Å². The van der Waals surface area contributed by atoms with E-state index in [4.69, 9.17) is 4.74 Å². The Balaban J connectivity index is 2.30. The summed E-state index contributed by atoms with van der Waals surface area (Å²) in [7, 11) is 0. The molecule has 1 aromatic heterocycles. The molecule has 0 bridgehead atoms. The van der Waals surface area contributed by atoms with Crippen LogP contribution in [0.1, 0.15) is 30.6 Å². The lowest BCUT2D eigenvalue weighted by atomic mass is 10.1. The predicted octanol–water partition coefficient (Wildman–Crippen LogP) is 1.87. The molecule has 0 spiro atoms. The molecule has 0 saturated heterocycles. The number of imide groups is 1. The third kappa shape index (κ3) is 7.16. The Kier molecular flexibility index (Phi) is 7.51. The average molecular weight is 372 g/mol. The van der Waals surface area contributed by atoms with Crippen molar-refractivity contribution in [1.82, 2.24) is 15.6 Å². The van der Waals surface area contributed by atoms with Gasteiger partial charge in [0.25, 0.3) is 5.91 Å². The second-order valence-electron chi connectivity index (χ2n) is 4.95. The van der Waals surface area contributed by atoms with Crippen molar-refractivity contribution in [2.45, 2.75) is 20.3 Å². The molecule has 2 N–H and O–H groups in total. The number of esters is 1. The number of amides is 3. The summed E-state index contributed by atoms with van der Waals surface area (Å²) < 4.78 is 5.42. The molecule has 7 nitrogen and oxygen atoms in total. The topological polar surface area (TPSA) is 97.4 Å². The molecule has 0 aromatic carbocycles. The van der Waals surface area contributed by atoms with Gasteiger partial charge in [-0.25, -0.2) is 9.59 Å². The van der Waals surface area contributed by atoms with Crippen molar-refractivity contribution in [3.05, 3.63) is 28.5 Å². The molecule has 0 aliphatic heterocycles. The number of aromatic nitrogens is 1. The van der Waals surface area contributed by atoms with Gasteiger partial charge in [0.1, 0.15) is 0 Å². The van der Waals surface area contributed by atoms with E-state index >= 15 is 0 Å². The zero-order chi connectivity index (χ0) is 16.5. The number of pyridine rings is 1. The zero-order valence-electron chi connectivity index (χ0n) is 12.4. The fourth-order valence-electron chi connectivity index (χ4n) is 1.42. The summed E-state index contributed by atoms with van der Waals surface area (Å²) in [5, 5.41) is 4.62. The van der Waals surface area contributed by atoms with Crippen LogP contribution in [0.15, 0.2) is 22.9 Å². The van der Waals surface area contributed by atoms with Crippen molar-refractivity contribution in [3.63, 3.8) is 0 Å². The molecule has 120 valence electrons. The van der Waals surface area contributed by atoms with Gasteiger partial charge in [-0.2, -0.15) is 0 Å². The monoisotopic (exact) mass is 371 g/mol. The van der Waals surface area contributed by atoms with Crippen LogP contribution in [0.25, 0.3) is 0 Å². The number of carbonyl (C=O) groups excluding carboxylic acids is 3. The minimum atomic E-state index is -0.696. The summed E-state index contributed by atoms with van der Waals surface area (Å²) in [4.78, 5) is 38.4. The zero-order valence-corrected chi connectivity index (χ0v) is 14.0. The van der Waals surface area contributed by atoms with E-state index in [1.165, 1.54) is 18.5 Å². The number of carbonyl (C=O) groups is 3. The van der Waals surface area contributed by atoms with Gasteiger partial charge >= 0.3 is 12.0 Å². The van der Waals surface area contributed by atoms with Gasteiger partial charge in [0, 0.05) is 23.4 Å². The first-order valence-corrected chi connectivity index (χ1v) is 7.53. The molecule has 1 heterocycles. The molecule has 1 aromatic rings. The van der Waals surface area contributed by atoms with Gasteiger partial charge in [0.2, 0.25) is 0 Å². The fraction of sp³-hybridized carbons (Fsp3) is 0.429. The van der Waals surface area contributed by atoms with Crippen LogP contribution >= 0.6 is 15.9 Å². The van der Waals surface area contributed by atoms with Crippen molar-refractivity contribution in [1.29, 1.82) is 0 Å². The van der Waals surface area contributed by atoms with Crippen LogP contribution in [0.4, 0.5) is 4.79 Å². The number of ether oxygens (including phenoxy) is 1. The van der Waals surface area contributed by atoms with E-state index in [9.17, 15) is 14.4 Å². The molecule has 1 rings (SSSR count). The molecule has 22 heavy (non-hydrogen) atoms. The van der Waals surface area contributed by atoms with Crippen molar-refractivity contribution >= 4 is 33.8 Å². The highest BCUT2D eigenvalue weighted by atomic mass is 79.9. The van der Waals surface area contributed by atoms with Crippen molar-refractivity contribution in [3.8, 4) is 0 Å². The van der Waals surface area contributed by atoms with Crippen LogP contribution in [0.2, 0.25) is 0 Å². The van der Waals surface area contributed by atoms with E-state index in [1.807, 2.05) is 13.8 Å². The number of hydrogen-bond donors (Lipinski definition) is 2. The highest BCUT2D eigenvalue weighted by Crippen LogP contribution is 2.10. The van der Waals surface area contributed by atoms with Gasteiger partial charge in [0.05, 0.1) is 5.56 Å². The highest BCUT2D eigenvalue weighted by molar-refractivity contribution is 9.10. The maximum Gasteiger partial charge on any atom is 0.340 e. The maximum atomic E-state index is 11.7. The molecule has 0 atom stereocenters. The van der Waals surface area contributed by atoms with Crippen molar-refractivity contribution in [2.24, 2.45) is 5.92 Å². The first kappa shape index (κ1) is 18.1. The summed E-state index contributed by atoms with van der Waals surface area (Å²) in [5.74, 6) is -0.932. The van der Waals surface area contributed by atoms with E-state index < -0.39 is 24.5 Å². The number of nitrogens with one attached hydrogen (secondary N) is 2. The van der Waals surface area contributed by atoms with E-state index in [0.29, 0.717) is 16.9 Å². The molecule has 0 fully saturated rings. The molecule has 0 aliphatic rings. The third-order valence-corrected chi connectivity index (χ3v) is 2.97. The first-order chi connectivity index (χ1) is 10.4. The van der Waals surface area contributed by atoms with Gasteiger partial charge in [-0.05, 0) is 34.3 Å². The highest BCUT2D eigenvalue weighted by Gasteiger charge is 2.13. The second kappa shape index (κ2) is 9.14. The van der Waals surface area contributed by atoms with Gasteiger partial charge in [-0.1, -0.05) is 13.8 Å². The molecule has 8 heteroatoms. The molecule has 0 saturated carbocycles. The minimum Gasteiger partial charge on any atom is -0.452 e. The Hall–Kier alpha value is -1.96. The first-order valence-electron chi connectivity index (χ1n) is 6.74. The smallest absolute Gasteiger partial charge is 0.340 e. The second-order valence-corrected chi connectivity index (χ2v) is 5.87. The Morgan fingerprint density at radius 2 is 2.05 bits per heavy atom. The minimum absolute atomic E-state index is 0.212. The Morgan fingerprint density at radius 1 is 1.32 bits per heavy atom. The number of rotatable bonds is 6. The Bertz CT molecular complexity index is 549. The third-order valence-electron chi connectivity index (χ3n) is 2.54. The van der Waals surface area contributed by atoms with E-state index in [-0.39, 0.29) is 5.56 Å². The summed E-state index contributed by atoms with van der Waals surface area (Å²) in [6.45, 7) is 3.99. The molecule has 3 amide bonds. The molecule has 0 aliphatic carbocycles. The van der Waals surface area contributed by atoms with Gasteiger partial charge < -0.3 is 10.1 Å². The Labute approximate surface area is 137 Å². The number of halogens is 1. The van der Waals surface area contributed by atoms with E-state index in [1.54, 1.807) is 0 Å². The lowest BCUT2D eigenvalue weighted by Gasteiger charge is -2.08. The van der Waals surface area contributed by atoms with Gasteiger partial charge in [-0.15, -0.1) is 0 Å². The quantitative estimate of drug-likeness (QED) is 0.743. The van der Waals surface area contributed by atoms with Crippen molar-refractivity contribution < 1.29 is 19.1 Å². The lowest BCUT2D eigenvalue weighted by molar-refractivity contribution is -0.123. The van der Waals surface area contributed by atoms with Crippen LogP contribution in [-0.2, 0) is 9.53 Å². The van der Waals surface area contributed by atoms with Crippen LogP contribution in [0.3, 0.4) is 0 Å². The molecule has 0 radical (unpaired) electrons. The molecule has 0 unspecified atom stereocenters. The molecular weight excluding hydrogens is 354 g/mol. The standard InChI is InChI=1S/C14H18BrN3O4/c1-9(2)3-4-17-14(21)18-12(19)8-22-13(20)10-5-11(15)7-16-6-10/h5-7,9H,3-4,8H2,1-2H3,(H2,17,18,19,21). The SMILES string of the molecule is CC(C)CCNC(=O)NC(=O)COC(=O)c1cncc(Br)c1. The largest absolute Gasteiger partial charge is 0.452 e. The average Bonchev–Trinajstić information content (AvgIpc) is 2.44. The predicted molar refractivity (Wildman–Crippen MR) is 83.2 cm³/mol. The van der Waals surface area contributed by atoms with E-state index in [2.05, 4.69) is 31.5 Å². The Morgan fingerprint density at radius 3 is 2.68 bits per heavy atom. The summed E-state index contributed by atoms with van der Waals surface area (Å²) in [6, 6.07) is 0.914. The lowest BCUT2D eigenvalue weighted by Crippen LogP contribution is -2.41. The van der Waals surface area contributed by atoms with Crippen molar-refractivity contribution in [2.75, 3.05) is 13.2 Å². The van der Waals surface area contributed by atoms with Gasteiger partial charge in [-0.3, -0.25) is 15.1 Å². The summed E-state index contributed by atoms with van der Waals surface area (Å²) in [6.07, 6.45) is 3.65. The summed E-state index contributed by atoms with van der Waals surface area (Å²) in [5.41, 5.74) is 0.212. The van der Waals surface area contributed by atoms with Crippen LogP contribution in [-0.4, -0.2) is 36.0 Å². The normalized spacial score (nSPS) is 10.2. The fourth-order valence-corrected chi connectivity index (χ4v) is 1.78. The number of hydrogen-bond acceptors (Lipinski definition) is 5. The van der Waals surface area contributed by atoms with Crippen LogP contribution < -0.4 is 10.6 Å². The summed E-state index contributed by atoms with van der Waals surface area (Å²) >= 11 is 3.17. The number of urea groups is 1.